The Morgan fingerprint density at radius 2 is 1.73 bits per heavy atom. The Morgan fingerprint density at radius 1 is 0.962 bits per heavy atom. The molecule has 0 N–H and O–H groups in total. The molecule has 0 aliphatic carbocycles. The van der Waals surface area contributed by atoms with Crippen LogP contribution in [0.4, 0.5) is 0 Å². The van der Waals surface area contributed by atoms with Gasteiger partial charge < -0.3 is 4.74 Å². The van der Waals surface area contributed by atoms with E-state index in [0.717, 1.165) is 43.6 Å². The van der Waals surface area contributed by atoms with E-state index in [1.165, 1.54) is 5.56 Å². The largest absolute Gasteiger partial charge is 0.474 e. The van der Waals surface area contributed by atoms with Crippen molar-refractivity contribution in [1.82, 2.24) is 19.9 Å². The number of hydrogen-bond donors (Lipinski definition) is 0. The van der Waals surface area contributed by atoms with Gasteiger partial charge >= 0.3 is 0 Å². The second kappa shape index (κ2) is 8.06. The topological polar surface area (TPSA) is 51.1 Å². The molecular weight excluding hydrogens is 324 g/mol. The highest BCUT2D eigenvalue weighted by Gasteiger charge is 2.22. The van der Waals surface area contributed by atoms with Crippen LogP contribution >= 0.6 is 0 Å². The normalized spacial score (nSPS) is 15.7. The van der Waals surface area contributed by atoms with Crippen LogP contribution < -0.4 is 4.74 Å². The summed E-state index contributed by atoms with van der Waals surface area (Å²) in [4.78, 5) is 15.1. The Labute approximate surface area is 153 Å². The third kappa shape index (κ3) is 4.06. The molecule has 5 heteroatoms. The first-order chi connectivity index (χ1) is 12.9. The maximum atomic E-state index is 6.24. The molecule has 1 aliphatic rings. The molecule has 0 bridgehead atoms. The minimum Gasteiger partial charge on any atom is -0.474 e. The SMILES string of the molecule is c1ccc(CN2CCC(Oc3ncncc3-c3ccncc3)CC2)cc1. The van der Waals surface area contributed by atoms with Crippen molar-refractivity contribution >= 4 is 0 Å². The fourth-order valence-electron chi connectivity index (χ4n) is 3.33. The number of pyridine rings is 1. The summed E-state index contributed by atoms with van der Waals surface area (Å²) in [5.74, 6) is 0.660. The smallest absolute Gasteiger partial charge is 0.224 e. The third-order valence-electron chi connectivity index (χ3n) is 4.73. The van der Waals surface area contributed by atoms with Gasteiger partial charge in [0, 0.05) is 38.2 Å². The molecule has 132 valence electrons. The van der Waals surface area contributed by atoms with E-state index < -0.39 is 0 Å². The second-order valence-electron chi connectivity index (χ2n) is 6.56. The van der Waals surface area contributed by atoms with Gasteiger partial charge in [-0.25, -0.2) is 9.97 Å². The first kappa shape index (κ1) is 16.7. The molecule has 3 heterocycles. The number of benzene rings is 1. The van der Waals surface area contributed by atoms with E-state index in [1.54, 1.807) is 18.7 Å². The molecule has 0 amide bonds. The molecule has 26 heavy (non-hydrogen) atoms. The fourth-order valence-corrected chi connectivity index (χ4v) is 3.33. The Balaban J connectivity index is 1.38. The van der Waals surface area contributed by atoms with Crippen molar-refractivity contribution in [2.45, 2.75) is 25.5 Å². The van der Waals surface area contributed by atoms with Crippen LogP contribution in [0.2, 0.25) is 0 Å². The molecule has 2 aromatic heterocycles. The Morgan fingerprint density at radius 3 is 2.50 bits per heavy atom. The number of rotatable bonds is 5. The third-order valence-corrected chi connectivity index (χ3v) is 4.73. The number of ether oxygens (including phenoxy) is 1. The molecule has 5 nitrogen and oxygen atoms in total. The van der Waals surface area contributed by atoms with Gasteiger partial charge in [0.05, 0.1) is 5.56 Å². The summed E-state index contributed by atoms with van der Waals surface area (Å²) >= 11 is 0. The van der Waals surface area contributed by atoms with Gasteiger partial charge in [-0.05, 0) is 36.1 Å². The maximum Gasteiger partial charge on any atom is 0.224 e. The van der Waals surface area contributed by atoms with Gasteiger partial charge in [0.1, 0.15) is 12.4 Å². The van der Waals surface area contributed by atoms with Crippen molar-refractivity contribution in [3.8, 4) is 17.0 Å². The van der Waals surface area contributed by atoms with E-state index in [2.05, 4.69) is 50.2 Å². The first-order valence-corrected chi connectivity index (χ1v) is 9.02. The zero-order chi connectivity index (χ0) is 17.6. The van der Waals surface area contributed by atoms with Crippen molar-refractivity contribution in [1.29, 1.82) is 0 Å². The molecule has 4 rings (SSSR count). The van der Waals surface area contributed by atoms with Gasteiger partial charge in [0.25, 0.3) is 0 Å². The average molecular weight is 346 g/mol. The van der Waals surface area contributed by atoms with E-state index in [0.29, 0.717) is 5.88 Å². The lowest BCUT2D eigenvalue weighted by atomic mass is 10.1. The molecule has 1 fully saturated rings. The quantitative estimate of drug-likeness (QED) is 0.707. The molecule has 0 radical (unpaired) electrons. The number of likely N-dealkylation sites (tertiary alicyclic amines) is 1. The number of piperidine rings is 1. The minimum atomic E-state index is 0.192. The highest BCUT2D eigenvalue weighted by Crippen LogP contribution is 2.28. The number of nitrogens with zero attached hydrogens (tertiary/aromatic N) is 4. The fraction of sp³-hybridized carbons (Fsp3) is 0.286. The summed E-state index contributed by atoms with van der Waals surface area (Å²) in [6.07, 6.45) is 9.10. The minimum absolute atomic E-state index is 0.192. The highest BCUT2D eigenvalue weighted by atomic mass is 16.5. The Bertz CT molecular complexity index is 818. The summed E-state index contributed by atoms with van der Waals surface area (Å²) in [6, 6.07) is 14.5. The van der Waals surface area contributed by atoms with Gasteiger partial charge in [0.15, 0.2) is 0 Å². The van der Waals surface area contributed by atoms with E-state index in [4.69, 9.17) is 4.74 Å². The molecular formula is C21H22N4O. The summed E-state index contributed by atoms with van der Waals surface area (Å²) in [5, 5.41) is 0. The van der Waals surface area contributed by atoms with Crippen LogP contribution in [0.5, 0.6) is 5.88 Å². The number of aromatic nitrogens is 3. The van der Waals surface area contributed by atoms with Gasteiger partial charge in [-0.2, -0.15) is 0 Å². The van der Waals surface area contributed by atoms with Crippen molar-refractivity contribution < 1.29 is 4.74 Å². The van der Waals surface area contributed by atoms with Crippen molar-refractivity contribution in [2.75, 3.05) is 13.1 Å². The molecule has 1 saturated heterocycles. The summed E-state index contributed by atoms with van der Waals surface area (Å²) in [5.41, 5.74) is 3.31. The predicted molar refractivity (Wildman–Crippen MR) is 101 cm³/mol. The van der Waals surface area contributed by atoms with E-state index in [9.17, 15) is 0 Å². The van der Waals surface area contributed by atoms with Crippen molar-refractivity contribution in [3.63, 3.8) is 0 Å². The van der Waals surface area contributed by atoms with E-state index in [1.807, 2.05) is 18.3 Å². The van der Waals surface area contributed by atoms with Gasteiger partial charge in [0.2, 0.25) is 5.88 Å². The molecule has 3 aromatic rings. The van der Waals surface area contributed by atoms with Crippen LogP contribution in [0.3, 0.4) is 0 Å². The monoisotopic (exact) mass is 346 g/mol. The lowest BCUT2D eigenvalue weighted by Gasteiger charge is -2.32. The zero-order valence-electron chi connectivity index (χ0n) is 14.7. The van der Waals surface area contributed by atoms with Gasteiger partial charge in [-0.3, -0.25) is 9.88 Å². The van der Waals surface area contributed by atoms with Crippen LogP contribution in [0.1, 0.15) is 18.4 Å². The van der Waals surface area contributed by atoms with E-state index in [-0.39, 0.29) is 6.10 Å². The van der Waals surface area contributed by atoms with Gasteiger partial charge in [-0.1, -0.05) is 30.3 Å². The average Bonchev–Trinajstić information content (AvgIpc) is 2.71. The molecule has 1 aliphatic heterocycles. The zero-order valence-corrected chi connectivity index (χ0v) is 14.7. The summed E-state index contributed by atoms with van der Waals surface area (Å²) < 4.78 is 6.24. The lowest BCUT2D eigenvalue weighted by Crippen LogP contribution is -2.38. The van der Waals surface area contributed by atoms with Crippen LogP contribution in [-0.2, 0) is 6.54 Å². The Hall–Kier alpha value is -2.79. The molecule has 1 aromatic carbocycles. The van der Waals surface area contributed by atoms with Crippen molar-refractivity contribution in [2.24, 2.45) is 0 Å². The summed E-state index contributed by atoms with van der Waals surface area (Å²) in [6.45, 7) is 3.08. The predicted octanol–water partition coefficient (Wildman–Crippen LogP) is 3.58. The van der Waals surface area contributed by atoms with E-state index >= 15 is 0 Å². The number of hydrogen-bond acceptors (Lipinski definition) is 5. The van der Waals surface area contributed by atoms with Gasteiger partial charge in [-0.15, -0.1) is 0 Å². The molecule has 0 spiro atoms. The first-order valence-electron chi connectivity index (χ1n) is 9.02. The van der Waals surface area contributed by atoms with Crippen molar-refractivity contribution in [3.05, 3.63) is 72.9 Å². The molecule has 0 unspecified atom stereocenters. The lowest BCUT2D eigenvalue weighted by molar-refractivity contribution is 0.0936. The maximum absolute atomic E-state index is 6.24. The van der Waals surface area contributed by atoms with Crippen LogP contribution in [0, 0.1) is 0 Å². The summed E-state index contributed by atoms with van der Waals surface area (Å²) in [7, 11) is 0. The molecule has 0 saturated carbocycles. The standard InChI is InChI=1S/C21H22N4O/c1-2-4-17(5-3-1)15-25-12-8-19(9-13-25)26-21-20(14-23-16-24-21)18-6-10-22-11-7-18/h1-7,10-11,14,16,19H,8-9,12-13,15H2. The van der Waals surface area contributed by atoms with Crippen LogP contribution in [0.25, 0.3) is 11.1 Å². The highest BCUT2D eigenvalue weighted by molar-refractivity contribution is 5.66. The second-order valence-corrected chi connectivity index (χ2v) is 6.56. The van der Waals surface area contributed by atoms with Crippen LogP contribution in [-0.4, -0.2) is 39.0 Å². The molecule has 0 atom stereocenters. The van der Waals surface area contributed by atoms with Crippen LogP contribution in [0.15, 0.2) is 67.4 Å². The Kier molecular flexibility index (Phi) is 5.17.